The molecule has 19 heavy (non-hydrogen) atoms. The smallest absolute Gasteiger partial charge is 0.164 e. The molecule has 3 heteroatoms. The number of carbonyl (C=O) groups is 1. The Balaban J connectivity index is 1.76. The third-order valence-corrected chi connectivity index (χ3v) is 3.90. The summed E-state index contributed by atoms with van der Waals surface area (Å²) < 4.78 is 5.35. The summed E-state index contributed by atoms with van der Waals surface area (Å²) in [6.07, 6.45) is 3.18. The van der Waals surface area contributed by atoms with Crippen molar-refractivity contribution in [1.29, 1.82) is 0 Å². The number of rotatable bonds is 5. The van der Waals surface area contributed by atoms with Crippen LogP contribution in [-0.4, -0.2) is 43.5 Å². The average molecular weight is 261 g/mol. The van der Waals surface area contributed by atoms with Gasteiger partial charge in [0.15, 0.2) is 5.78 Å². The summed E-state index contributed by atoms with van der Waals surface area (Å²) in [5, 5.41) is 0. The topological polar surface area (TPSA) is 29.5 Å². The van der Waals surface area contributed by atoms with Gasteiger partial charge in [0.1, 0.15) is 0 Å². The fourth-order valence-electron chi connectivity index (χ4n) is 2.51. The molecule has 0 atom stereocenters. The molecule has 0 bridgehead atoms. The standard InChI is InChI=1S/C16H23NO2/c1-13-3-5-14(6-4-13)16(18)9-12-17-10-7-15(19-2)8-11-17/h3-6,15H,7-12H2,1-2H3. The van der Waals surface area contributed by atoms with Gasteiger partial charge in [0.2, 0.25) is 0 Å². The minimum atomic E-state index is 0.244. The van der Waals surface area contributed by atoms with Gasteiger partial charge < -0.3 is 9.64 Å². The van der Waals surface area contributed by atoms with E-state index in [0.29, 0.717) is 12.5 Å². The van der Waals surface area contributed by atoms with E-state index in [2.05, 4.69) is 4.90 Å². The fraction of sp³-hybridized carbons (Fsp3) is 0.562. The second-order valence-electron chi connectivity index (χ2n) is 5.32. The SMILES string of the molecule is COC1CCN(CCC(=O)c2ccc(C)cc2)CC1. The number of ether oxygens (including phenoxy) is 1. The van der Waals surface area contributed by atoms with Crippen LogP contribution in [0.3, 0.4) is 0 Å². The summed E-state index contributed by atoms with van der Waals surface area (Å²) in [5.41, 5.74) is 2.02. The Labute approximate surface area is 115 Å². The molecule has 0 aromatic heterocycles. The number of piperidine rings is 1. The molecule has 1 fully saturated rings. The van der Waals surface area contributed by atoms with Gasteiger partial charge in [-0.3, -0.25) is 4.79 Å². The van der Waals surface area contributed by atoms with Crippen molar-refractivity contribution in [2.24, 2.45) is 0 Å². The number of likely N-dealkylation sites (tertiary alicyclic amines) is 1. The van der Waals surface area contributed by atoms with Crippen LogP contribution in [0.4, 0.5) is 0 Å². The number of hydrogen-bond donors (Lipinski definition) is 0. The summed E-state index contributed by atoms with van der Waals surface area (Å²) in [5.74, 6) is 0.244. The molecule has 1 aliphatic heterocycles. The number of aryl methyl sites for hydroxylation is 1. The van der Waals surface area contributed by atoms with Gasteiger partial charge in [-0.25, -0.2) is 0 Å². The molecule has 0 amide bonds. The van der Waals surface area contributed by atoms with Gasteiger partial charge in [-0.15, -0.1) is 0 Å². The summed E-state index contributed by atoms with van der Waals surface area (Å²) in [6.45, 7) is 4.98. The Kier molecular flexibility index (Phi) is 5.11. The number of carbonyl (C=O) groups excluding carboxylic acids is 1. The van der Waals surface area contributed by atoms with Crippen molar-refractivity contribution in [1.82, 2.24) is 4.90 Å². The first-order valence-corrected chi connectivity index (χ1v) is 7.04. The third kappa shape index (κ3) is 4.15. The summed E-state index contributed by atoms with van der Waals surface area (Å²) in [6, 6.07) is 7.85. The number of hydrogen-bond acceptors (Lipinski definition) is 3. The zero-order chi connectivity index (χ0) is 13.7. The molecule has 1 aromatic carbocycles. The van der Waals surface area contributed by atoms with Crippen LogP contribution in [0, 0.1) is 6.92 Å². The van der Waals surface area contributed by atoms with Gasteiger partial charge in [-0.05, 0) is 19.8 Å². The predicted molar refractivity (Wildman–Crippen MR) is 76.6 cm³/mol. The van der Waals surface area contributed by atoms with Crippen LogP contribution >= 0.6 is 0 Å². The minimum absolute atomic E-state index is 0.244. The highest BCUT2D eigenvalue weighted by molar-refractivity contribution is 5.96. The van der Waals surface area contributed by atoms with E-state index in [4.69, 9.17) is 4.74 Å². The van der Waals surface area contributed by atoms with Crippen molar-refractivity contribution in [3.05, 3.63) is 35.4 Å². The number of ketones is 1. The fourth-order valence-corrected chi connectivity index (χ4v) is 2.51. The highest BCUT2D eigenvalue weighted by atomic mass is 16.5. The lowest BCUT2D eigenvalue weighted by molar-refractivity contribution is 0.0406. The molecule has 1 saturated heterocycles. The molecule has 0 spiro atoms. The van der Waals surface area contributed by atoms with E-state index in [0.717, 1.165) is 38.0 Å². The molecular formula is C16H23NO2. The second kappa shape index (κ2) is 6.83. The number of Topliss-reactive ketones (excluding diaryl/α,β-unsaturated/α-hetero) is 1. The van der Waals surface area contributed by atoms with Crippen molar-refractivity contribution in [2.75, 3.05) is 26.7 Å². The van der Waals surface area contributed by atoms with Crippen molar-refractivity contribution in [3.8, 4) is 0 Å². The van der Waals surface area contributed by atoms with E-state index in [1.165, 1.54) is 5.56 Å². The monoisotopic (exact) mass is 261 g/mol. The zero-order valence-electron chi connectivity index (χ0n) is 11.9. The number of benzene rings is 1. The van der Waals surface area contributed by atoms with Crippen LogP contribution in [-0.2, 0) is 4.74 Å². The lowest BCUT2D eigenvalue weighted by atomic mass is 10.0. The average Bonchev–Trinajstić information content (AvgIpc) is 2.46. The maximum Gasteiger partial charge on any atom is 0.164 e. The highest BCUT2D eigenvalue weighted by Crippen LogP contribution is 2.14. The largest absolute Gasteiger partial charge is 0.381 e. The van der Waals surface area contributed by atoms with Crippen LogP contribution in [0.5, 0.6) is 0 Å². The Bertz CT molecular complexity index is 405. The molecule has 0 saturated carbocycles. The summed E-state index contributed by atoms with van der Waals surface area (Å²) >= 11 is 0. The lowest BCUT2D eigenvalue weighted by Gasteiger charge is -2.30. The van der Waals surface area contributed by atoms with E-state index in [9.17, 15) is 4.79 Å². The molecule has 0 N–H and O–H groups in total. The molecular weight excluding hydrogens is 238 g/mol. The molecule has 0 radical (unpaired) electrons. The first-order chi connectivity index (χ1) is 9.19. The van der Waals surface area contributed by atoms with Gasteiger partial charge in [-0.2, -0.15) is 0 Å². The van der Waals surface area contributed by atoms with Crippen LogP contribution in [0.1, 0.15) is 35.2 Å². The molecule has 104 valence electrons. The second-order valence-corrected chi connectivity index (χ2v) is 5.32. The molecule has 1 aromatic rings. The predicted octanol–water partition coefficient (Wildman–Crippen LogP) is 2.68. The Morgan fingerprint density at radius 2 is 1.89 bits per heavy atom. The van der Waals surface area contributed by atoms with Crippen molar-refractivity contribution in [3.63, 3.8) is 0 Å². The van der Waals surface area contributed by atoms with Gasteiger partial charge >= 0.3 is 0 Å². The minimum Gasteiger partial charge on any atom is -0.381 e. The van der Waals surface area contributed by atoms with Crippen LogP contribution in [0.2, 0.25) is 0 Å². The Hall–Kier alpha value is -1.19. The normalized spacial score (nSPS) is 17.6. The van der Waals surface area contributed by atoms with Crippen molar-refractivity contribution >= 4 is 5.78 Å². The molecule has 2 rings (SSSR count). The lowest BCUT2D eigenvalue weighted by Crippen LogP contribution is -2.37. The van der Waals surface area contributed by atoms with E-state index < -0.39 is 0 Å². The Morgan fingerprint density at radius 3 is 2.47 bits per heavy atom. The zero-order valence-corrected chi connectivity index (χ0v) is 11.9. The molecule has 0 unspecified atom stereocenters. The molecule has 1 heterocycles. The highest BCUT2D eigenvalue weighted by Gasteiger charge is 2.19. The van der Waals surface area contributed by atoms with Crippen molar-refractivity contribution in [2.45, 2.75) is 32.3 Å². The van der Waals surface area contributed by atoms with E-state index in [1.807, 2.05) is 31.2 Å². The summed E-state index contributed by atoms with van der Waals surface area (Å²) in [7, 11) is 1.78. The maximum absolute atomic E-state index is 12.1. The van der Waals surface area contributed by atoms with E-state index in [1.54, 1.807) is 7.11 Å². The van der Waals surface area contributed by atoms with Gasteiger partial charge in [0.25, 0.3) is 0 Å². The van der Waals surface area contributed by atoms with Gasteiger partial charge in [0, 0.05) is 38.7 Å². The van der Waals surface area contributed by atoms with Crippen LogP contribution in [0.15, 0.2) is 24.3 Å². The first kappa shape index (κ1) is 14.2. The molecule has 1 aliphatic rings. The quantitative estimate of drug-likeness (QED) is 0.763. The van der Waals surface area contributed by atoms with Gasteiger partial charge in [0.05, 0.1) is 6.10 Å². The number of nitrogens with zero attached hydrogens (tertiary/aromatic N) is 1. The first-order valence-electron chi connectivity index (χ1n) is 7.04. The summed E-state index contributed by atoms with van der Waals surface area (Å²) in [4.78, 5) is 14.4. The third-order valence-electron chi connectivity index (χ3n) is 3.90. The number of methoxy groups -OCH3 is 1. The molecule has 0 aliphatic carbocycles. The van der Waals surface area contributed by atoms with E-state index in [-0.39, 0.29) is 5.78 Å². The van der Waals surface area contributed by atoms with E-state index >= 15 is 0 Å². The Morgan fingerprint density at radius 1 is 1.26 bits per heavy atom. The van der Waals surface area contributed by atoms with Crippen LogP contribution < -0.4 is 0 Å². The van der Waals surface area contributed by atoms with Crippen LogP contribution in [0.25, 0.3) is 0 Å². The van der Waals surface area contributed by atoms with Gasteiger partial charge in [-0.1, -0.05) is 29.8 Å². The molecule has 3 nitrogen and oxygen atoms in total. The maximum atomic E-state index is 12.1. The van der Waals surface area contributed by atoms with Crippen molar-refractivity contribution < 1.29 is 9.53 Å².